The predicted octanol–water partition coefficient (Wildman–Crippen LogP) is 0.504. The molecule has 0 aromatic carbocycles. The molecule has 0 radical (unpaired) electrons. The van der Waals surface area contributed by atoms with Gasteiger partial charge in [-0.25, -0.2) is 9.18 Å². The minimum atomic E-state index is -2.10. The maximum atomic E-state index is 15.0. The van der Waals surface area contributed by atoms with Gasteiger partial charge in [0.25, 0.3) is 5.56 Å². The van der Waals surface area contributed by atoms with Crippen molar-refractivity contribution in [1.82, 2.24) is 9.55 Å². The molecule has 116 valence electrons. The number of alkyl halides is 1. The fraction of sp³-hybridized carbons (Fsp3) is 0.615. The molecule has 4 atom stereocenters. The molecular weight excluding hydrogens is 283 g/mol. The van der Waals surface area contributed by atoms with Crippen LogP contribution in [-0.2, 0) is 14.3 Å². The molecule has 1 saturated heterocycles. The van der Waals surface area contributed by atoms with E-state index in [9.17, 15) is 14.4 Å². The number of halogens is 1. The lowest BCUT2D eigenvalue weighted by molar-refractivity contribution is -0.154. The van der Waals surface area contributed by atoms with E-state index in [2.05, 4.69) is 0 Å². The van der Waals surface area contributed by atoms with Crippen LogP contribution in [0.3, 0.4) is 0 Å². The largest absolute Gasteiger partial charge is 0.456 e. The number of esters is 1. The zero-order chi connectivity index (χ0) is 15.8. The summed E-state index contributed by atoms with van der Waals surface area (Å²) in [5.74, 6) is -0.625. The summed E-state index contributed by atoms with van der Waals surface area (Å²) in [4.78, 5) is 36.1. The van der Waals surface area contributed by atoms with Gasteiger partial charge in [0, 0.05) is 19.2 Å². The number of nitrogens with zero attached hydrogens (tertiary/aromatic N) is 1. The molecule has 0 saturated carbocycles. The number of rotatable bonds is 3. The average molecular weight is 300 g/mol. The SMILES string of the molecule is CC[C@H]1O[C@@H](n2ccc(=O)[nH]c2=O)C(C)(F)[C@H]1OC(C)=O. The second-order valence-electron chi connectivity index (χ2n) is 5.13. The monoisotopic (exact) mass is 300 g/mol. The Morgan fingerprint density at radius 3 is 2.76 bits per heavy atom. The van der Waals surface area contributed by atoms with Crippen LogP contribution in [0.5, 0.6) is 0 Å². The van der Waals surface area contributed by atoms with Crippen molar-refractivity contribution in [1.29, 1.82) is 0 Å². The molecule has 1 aliphatic heterocycles. The van der Waals surface area contributed by atoms with Gasteiger partial charge in [-0.05, 0) is 13.3 Å². The van der Waals surface area contributed by atoms with Crippen LogP contribution >= 0.6 is 0 Å². The molecule has 0 amide bonds. The lowest BCUT2D eigenvalue weighted by atomic mass is 9.97. The van der Waals surface area contributed by atoms with Crippen molar-refractivity contribution in [2.75, 3.05) is 0 Å². The summed E-state index contributed by atoms with van der Waals surface area (Å²) in [7, 11) is 0. The summed E-state index contributed by atoms with van der Waals surface area (Å²) >= 11 is 0. The molecule has 0 aliphatic carbocycles. The number of aromatic nitrogens is 2. The van der Waals surface area contributed by atoms with Gasteiger partial charge in [0.05, 0.1) is 0 Å². The Morgan fingerprint density at radius 1 is 1.57 bits per heavy atom. The van der Waals surface area contributed by atoms with E-state index in [4.69, 9.17) is 9.47 Å². The normalized spacial score (nSPS) is 32.1. The highest BCUT2D eigenvalue weighted by atomic mass is 19.1. The molecule has 2 rings (SSSR count). The summed E-state index contributed by atoms with van der Waals surface area (Å²) in [6.45, 7) is 4.15. The summed E-state index contributed by atoms with van der Waals surface area (Å²) in [6.07, 6.45) is -1.51. The molecule has 1 aliphatic rings. The highest BCUT2D eigenvalue weighted by molar-refractivity contribution is 5.66. The molecule has 1 aromatic rings. The number of aromatic amines is 1. The van der Waals surface area contributed by atoms with Crippen molar-refractivity contribution in [3.05, 3.63) is 33.1 Å². The second kappa shape index (κ2) is 5.44. The number of nitrogens with one attached hydrogen (secondary N) is 1. The van der Waals surface area contributed by atoms with Crippen molar-refractivity contribution in [2.45, 2.75) is 51.3 Å². The first-order valence-corrected chi connectivity index (χ1v) is 6.60. The van der Waals surface area contributed by atoms with Crippen LogP contribution < -0.4 is 11.2 Å². The smallest absolute Gasteiger partial charge is 0.330 e. The number of carbonyl (C=O) groups excluding carboxylic acids is 1. The van der Waals surface area contributed by atoms with E-state index in [-0.39, 0.29) is 0 Å². The molecule has 8 heteroatoms. The maximum absolute atomic E-state index is 15.0. The lowest BCUT2D eigenvalue weighted by Crippen LogP contribution is -2.45. The van der Waals surface area contributed by atoms with Gasteiger partial charge in [0.15, 0.2) is 18.0 Å². The third-order valence-electron chi connectivity index (χ3n) is 3.48. The Kier molecular flexibility index (Phi) is 3.99. The zero-order valence-electron chi connectivity index (χ0n) is 12.0. The molecule has 0 spiro atoms. The first-order chi connectivity index (χ1) is 9.77. The van der Waals surface area contributed by atoms with Crippen molar-refractivity contribution in [3.8, 4) is 0 Å². The third kappa shape index (κ3) is 2.76. The van der Waals surface area contributed by atoms with E-state index in [1.165, 1.54) is 13.8 Å². The Labute approximate surface area is 119 Å². The van der Waals surface area contributed by atoms with Gasteiger partial charge < -0.3 is 9.47 Å². The fourth-order valence-corrected chi connectivity index (χ4v) is 2.50. The second-order valence-corrected chi connectivity index (χ2v) is 5.13. The predicted molar refractivity (Wildman–Crippen MR) is 70.6 cm³/mol. The molecule has 2 heterocycles. The number of ether oxygens (including phenoxy) is 2. The Hall–Kier alpha value is -1.96. The van der Waals surface area contributed by atoms with E-state index < -0.39 is 41.3 Å². The summed E-state index contributed by atoms with van der Waals surface area (Å²) in [6, 6.07) is 1.10. The highest BCUT2D eigenvalue weighted by Crippen LogP contribution is 2.43. The summed E-state index contributed by atoms with van der Waals surface area (Å²) < 4.78 is 26.6. The van der Waals surface area contributed by atoms with E-state index in [1.807, 2.05) is 4.98 Å². The van der Waals surface area contributed by atoms with Crippen molar-refractivity contribution < 1.29 is 18.7 Å². The Bertz CT molecular complexity index is 650. The molecule has 1 fully saturated rings. The quantitative estimate of drug-likeness (QED) is 0.821. The molecule has 21 heavy (non-hydrogen) atoms. The van der Waals surface area contributed by atoms with Gasteiger partial charge in [-0.3, -0.25) is 19.1 Å². The van der Waals surface area contributed by atoms with Crippen molar-refractivity contribution in [3.63, 3.8) is 0 Å². The highest BCUT2D eigenvalue weighted by Gasteiger charge is 2.57. The van der Waals surface area contributed by atoms with E-state index in [0.29, 0.717) is 6.42 Å². The molecule has 0 bridgehead atoms. The molecule has 1 N–H and O–H groups in total. The minimum absolute atomic E-state index is 0.409. The van der Waals surface area contributed by atoms with Gasteiger partial charge in [-0.2, -0.15) is 0 Å². The zero-order valence-corrected chi connectivity index (χ0v) is 12.0. The Morgan fingerprint density at radius 2 is 2.24 bits per heavy atom. The number of hydrogen-bond acceptors (Lipinski definition) is 5. The van der Waals surface area contributed by atoms with Gasteiger partial charge in [0.2, 0.25) is 0 Å². The average Bonchev–Trinajstić information content (AvgIpc) is 2.61. The van der Waals surface area contributed by atoms with E-state index >= 15 is 4.39 Å². The van der Waals surface area contributed by atoms with Crippen LogP contribution in [-0.4, -0.2) is 33.4 Å². The maximum Gasteiger partial charge on any atom is 0.330 e. The molecule has 1 aromatic heterocycles. The van der Waals surface area contributed by atoms with Crippen LogP contribution in [0.25, 0.3) is 0 Å². The van der Waals surface area contributed by atoms with Crippen LogP contribution in [0.2, 0.25) is 0 Å². The van der Waals surface area contributed by atoms with Crippen molar-refractivity contribution in [2.24, 2.45) is 0 Å². The minimum Gasteiger partial charge on any atom is -0.456 e. The van der Waals surface area contributed by atoms with Gasteiger partial charge in [0.1, 0.15) is 6.10 Å². The van der Waals surface area contributed by atoms with Crippen LogP contribution in [0.15, 0.2) is 21.9 Å². The van der Waals surface area contributed by atoms with Gasteiger partial charge in [-0.1, -0.05) is 6.92 Å². The standard InChI is InChI=1S/C13H17FN2O5/c1-4-8-10(20-7(2)17)13(3,14)11(21-8)16-6-5-9(18)15-12(16)19/h5-6,8,10-11H,4H2,1-3H3,(H,15,18,19)/t8-,10+,11-,13?/m1/s1. The fourth-order valence-electron chi connectivity index (χ4n) is 2.50. The van der Waals surface area contributed by atoms with E-state index in [0.717, 1.165) is 16.8 Å². The van der Waals surface area contributed by atoms with Gasteiger partial charge in [-0.15, -0.1) is 0 Å². The number of H-pyrrole nitrogens is 1. The molecular formula is C13H17FN2O5. The first-order valence-electron chi connectivity index (χ1n) is 6.60. The number of hydrogen-bond donors (Lipinski definition) is 1. The van der Waals surface area contributed by atoms with Crippen LogP contribution in [0.1, 0.15) is 33.4 Å². The molecule has 7 nitrogen and oxygen atoms in total. The summed E-state index contributed by atoms with van der Waals surface area (Å²) in [5, 5.41) is 0. The lowest BCUT2D eigenvalue weighted by Gasteiger charge is -2.27. The van der Waals surface area contributed by atoms with Crippen LogP contribution in [0.4, 0.5) is 4.39 Å². The van der Waals surface area contributed by atoms with Crippen molar-refractivity contribution >= 4 is 5.97 Å². The first kappa shape index (κ1) is 15.4. The van der Waals surface area contributed by atoms with Gasteiger partial charge >= 0.3 is 11.7 Å². The Balaban J connectivity index is 2.43. The summed E-state index contributed by atoms with van der Waals surface area (Å²) in [5.41, 5.74) is -3.47. The third-order valence-corrected chi connectivity index (χ3v) is 3.48. The van der Waals surface area contributed by atoms with E-state index in [1.54, 1.807) is 6.92 Å². The number of carbonyl (C=O) groups is 1. The molecule has 1 unspecified atom stereocenters. The van der Waals surface area contributed by atoms with Crippen LogP contribution in [0, 0.1) is 0 Å². The topological polar surface area (TPSA) is 90.4 Å².